The first-order valence-electron chi connectivity index (χ1n) is 6.35. The molecule has 19 heavy (non-hydrogen) atoms. The molecule has 2 N–H and O–H groups in total. The molecule has 0 aromatic heterocycles. The van der Waals surface area contributed by atoms with Crippen molar-refractivity contribution < 1.29 is 9.72 Å². The maximum Gasteiger partial charge on any atom is 0.272 e. The molecular formula is C13H19N3O3. The van der Waals surface area contributed by atoms with Gasteiger partial charge in [-0.3, -0.25) is 14.9 Å². The largest absolute Gasteiger partial charge is 0.356 e. The number of amides is 1. The van der Waals surface area contributed by atoms with Crippen LogP contribution in [0.3, 0.4) is 0 Å². The fourth-order valence-electron chi connectivity index (χ4n) is 1.74. The summed E-state index contributed by atoms with van der Waals surface area (Å²) in [6.45, 7) is 3.70. The van der Waals surface area contributed by atoms with Crippen LogP contribution in [0.15, 0.2) is 24.3 Å². The molecular weight excluding hydrogens is 246 g/mol. The summed E-state index contributed by atoms with van der Waals surface area (Å²) in [5, 5.41) is 16.6. The average Bonchev–Trinajstić information content (AvgIpc) is 2.39. The van der Waals surface area contributed by atoms with Gasteiger partial charge in [0.1, 0.15) is 0 Å². The van der Waals surface area contributed by atoms with Crippen LogP contribution in [0.1, 0.15) is 18.9 Å². The fourth-order valence-corrected chi connectivity index (χ4v) is 1.74. The zero-order valence-corrected chi connectivity index (χ0v) is 11.0. The second kappa shape index (κ2) is 8.20. The van der Waals surface area contributed by atoms with Gasteiger partial charge < -0.3 is 10.6 Å². The topological polar surface area (TPSA) is 84.3 Å². The van der Waals surface area contributed by atoms with Gasteiger partial charge in [-0.2, -0.15) is 0 Å². The molecule has 104 valence electrons. The molecule has 0 saturated carbocycles. The van der Waals surface area contributed by atoms with E-state index in [2.05, 4.69) is 10.6 Å². The highest BCUT2D eigenvalue weighted by Crippen LogP contribution is 2.17. The summed E-state index contributed by atoms with van der Waals surface area (Å²) in [5.74, 6) is 0.0145. The Kier molecular flexibility index (Phi) is 6.52. The lowest BCUT2D eigenvalue weighted by Gasteiger charge is -2.05. The van der Waals surface area contributed by atoms with Crippen LogP contribution in [-0.2, 0) is 11.2 Å². The Morgan fingerprint density at radius 3 is 2.74 bits per heavy atom. The summed E-state index contributed by atoms with van der Waals surface area (Å²) in [5.41, 5.74) is 0.853. The first-order valence-corrected chi connectivity index (χ1v) is 6.35. The number of rotatable bonds is 8. The molecule has 0 spiro atoms. The van der Waals surface area contributed by atoms with Gasteiger partial charge in [-0.05, 0) is 19.9 Å². The predicted octanol–water partition coefficient (Wildman–Crippen LogP) is 1.25. The standard InChI is InChI=1S/C13H19N3O3/c1-2-15-13(17)8-10-14-9-7-11-5-3-4-6-12(11)16(18)19/h3-6,14H,2,7-10H2,1H3,(H,15,17). The minimum atomic E-state index is -0.371. The number of benzene rings is 1. The van der Waals surface area contributed by atoms with Crippen LogP contribution >= 0.6 is 0 Å². The molecule has 1 aromatic rings. The summed E-state index contributed by atoms with van der Waals surface area (Å²) in [4.78, 5) is 21.6. The Balaban J connectivity index is 2.30. The van der Waals surface area contributed by atoms with Gasteiger partial charge >= 0.3 is 0 Å². The van der Waals surface area contributed by atoms with Gasteiger partial charge in [0.05, 0.1) is 4.92 Å². The molecule has 0 aliphatic carbocycles. The first-order chi connectivity index (χ1) is 9.15. The zero-order valence-electron chi connectivity index (χ0n) is 11.0. The SMILES string of the molecule is CCNC(=O)CCNCCc1ccccc1[N+](=O)[O-]. The van der Waals surface area contributed by atoms with Crippen LogP contribution in [0.2, 0.25) is 0 Å². The molecule has 1 amide bonds. The second-order valence-electron chi connectivity index (χ2n) is 4.09. The Labute approximate surface area is 112 Å². The van der Waals surface area contributed by atoms with E-state index in [4.69, 9.17) is 0 Å². The Morgan fingerprint density at radius 1 is 1.32 bits per heavy atom. The highest BCUT2D eigenvalue weighted by Gasteiger charge is 2.11. The summed E-state index contributed by atoms with van der Waals surface area (Å²) >= 11 is 0. The predicted molar refractivity (Wildman–Crippen MR) is 73.0 cm³/mol. The third-order valence-electron chi connectivity index (χ3n) is 2.66. The highest BCUT2D eigenvalue weighted by atomic mass is 16.6. The molecule has 1 aromatic carbocycles. The molecule has 0 fully saturated rings. The Morgan fingerprint density at radius 2 is 2.05 bits per heavy atom. The van der Waals surface area contributed by atoms with Crippen molar-refractivity contribution in [1.82, 2.24) is 10.6 Å². The van der Waals surface area contributed by atoms with Gasteiger partial charge in [-0.25, -0.2) is 0 Å². The van der Waals surface area contributed by atoms with Crippen molar-refractivity contribution in [3.8, 4) is 0 Å². The molecule has 0 radical (unpaired) electrons. The highest BCUT2D eigenvalue weighted by molar-refractivity contribution is 5.75. The minimum absolute atomic E-state index is 0.0145. The number of nitro benzene ring substituents is 1. The van der Waals surface area contributed by atoms with E-state index in [-0.39, 0.29) is 16.5 Å². The number of hydrogen-bond acceptors (Lipinski definition) is 4. The van der Waals surface area contributed by atoms with Crippen LogP contribution in [0.25, 0.3) is 0 Å². The van der Waals surface area contributed by atoms with E-state index in [0.29, 0.717) is 38.0 Å². The van der Waals surface area contributed by atoms with Crippen LogP contribution in [0.4, 0.5) is 5.69 Å². The molecule has 0 aliphatic heterocycles. The van der Waals surface area contributed by atoms with Crippen molar-refractivity contribution in [2.24, 2.45) is 0 Å². The molecule has 0 heterocycles. The van der Waals surface area contributed by atoms with E-state index in [9.17, 15) is 14.9 Å². The summed E-state index contributed by atoms with van der Waals surface area (Å²) in [6, 6.07) is 6.70. The Bertz CT molecular complexity index is 435. The quantitative estimate of drug-likeness (QED) is 0.421. The van der Waals surface area contributed by atoms with Crippen molar-refractivity contribution in [2.75, 3.05) is 19.6 Å². The average molecular weight is 265 g/mol. The van der Waals surface area contributed by atoms with E-state index in [1.807, 2.05) is 6.92 Å². The van der Waals surface area contributed by atoms with Crippen LogP contribution < -0.4 is 10.6 Å². The van der Waals surface area contributed by atoms with Gasteiger partial charge in [-0.15, -0.1) is 0 Å². The van der Waals surface area contributed by atoms with Gasteiger partial charge in [0.15, 0.2) is 0 Å². The van der Waals surface area contributed by atoms with E-state index in [1.165, 1.54) is 6.07 Å². The summed E-state index contributed by atoms with van der Waals surface area (Å²) < 4.78 is 0. The lowest BCUT2D eigenvalue weighted by Crippen LogP contribution is -2.28. The van der Waals surface area contributed by atoms with Crippen molar-refractivity contribution in [1.29, 1.82) is 0 Å². The van der Waals surface area contributed by atoms with E-state index in [0.717, 1.165) is 0 Å². The normalized spacial score (nSPS) is 10.2. The first kappa shape index (κ1) is 15.1. The van der Waals surface area contributed by atoms with Crippen molar-refractivity contribution >= 4 is 11.6 Å². The molecule has 1 rings (SSSR count). The molecule has 0 saturated heterocycles. The number of carbonyl (C=O) groups excluding carboxylic acids is 1. The fraction of sp³-hybridized carbons (Fsp3) is 0.462. The van der Waals surface area contributed by atoms with Crippen molar-refractivity contribution in [3.05, 3.63) is 39.9 Å². The van der Waals surface area contributed by atoms with Crippen LogP contribution in [0.5, 0.6) is 0 Å². The van der Waals surface area contributed by atoms with Gasteiger partial charge in [0.2, 0.25) is 5.91 Å². The Hall–Kier alpha value is -1.95. The van der Waals surface area contributed by atoms with Crippen LogP contribution in [0, 0.1) is 10.1 Å². The smallest absolute Gasteiger partial charge is 0.272 e. The van der Waals surface area contributed by atoms with Crippen molar-refractivity contribution in [3.63, 3.8) is 0 Å². The number of nitro groups is 1. The second-order valence-corrected chi connectivity index (χ2v) is 4.09. The maximum atomic E-state index is 11.2. The molecule has 0 atom stereocenters. The summed E-state index contributed by atoms with van der Waals surface area (Å²) in [6.07, 6.45) is 0.997. The van der Waals surface area contributed by atoms with Crippen molar-refractivity contribution in [2.45, 2.75) is 19.8 Å². The van der Waals surface area contributed by atoms with Gasteiger partial charge in [-0.1, -0.05) is 18.2 Å². The number of carbonyl (C=O) groups is 1. The molecule has 6 nitrogen and oxygen atoms in total. The number of hydrogen-bond donors (Lipinski definition) is 2. The van der Waals surface area contributed by atoms with E-state index >= 15 is 0 Å². The monoisotopic (exact) mass is 265 g/mol. The summed E-state index contributed by atoms with van der Waals surface area (Å²) in [7, 11) is 0. The molecule has 6 heteroatoms. The van der Waals surface area contributed by atoms with Gasteiger partial charge in [0, 0.05) is 31.1 Å². The zero-order chi connectivity index (χ0) is 14.1. The lowest BCUT2D eigenvalue weighted by atomic mass is 10.1. The van der Waals surface area contributed by atoms with E-state index in [1.54, 1.807) is 18.2 Å². The maximum absolute atomic E-state index is 11.2. The minimum Gasteiger partial charge on any atom is -0.356 e. The molecule has 0 unspecified atom stereocenters. The number of para-hydroxylation sites is 1. The molecule has 0 bridgehead atoms. The van der Waals surface area contributed by atoms with Gasteiger partial charge in [0.25, 0.3) is 5.69 Å². The number of nitrogens with one attached hydrogen (secondary N) is 2. The third-order valence-corrected chi connectivity index (χ3v) is 2.66. The van der Waals surface area contributed by atoms with Crippen LogP contribution in [-0.4, -0.2) is 30.5 Å². The number of nitrogens with zero attached hydrogens (tertiary/aromatic N) is 1. The third kappa shape index (κ3) is 5.48. The molecule has 0 aliphatic rings. The lowest BCUT2D eigenvalue weighted by molar-refractivity contribution is -0.385. The van der Waals surface area contributed by atoms with E-state index < -0.39 is 0 Å².